The molecule has 0 atom stereocenters. The lowest BCUT2D eigenvalue weighted by Gasteiger charge is -2.15. The van der Waals surface area contributed by atoms with Gasteiger partial charge in [0.1, 0.15) is 0 Å². The molecule has 30 heavy (non-hydrogen) atoms. The van der Waals surface area contributed by atoms with Gasteiger partial charge in [-0.2, -0.15) is 0 Å². The molecule has 1 fully saturated rings. The molecule has 0 radical (unpaired) electrons. The molecule has 0 saturated carbocycles. The number of urea groups is 1. The normalized spacial score (nSPS) is 13.8. The standard InChI is InChI=1S/C21H20ClN5O2S/c1-13-7-8-14(2)17(11-13)27-19(15-5-3-4-6-16(15)22)24-25-21(27)30-10-9-26-18(28)12-23-20(26)29/h3-8,11H,9-10,12H2,1-2H3,(H,23,29). The van der Waals surface area contributed by atoms with Gasteiger partial charge in [-0.25, -0.2) is 4.79 Å². The van der Waals surface area contributed by atoms with Crippen LogP contribution in [0.15, 0.2) is 47.6 Å². The number of aromatic nitrogens is 3. The molecule has 0 unspecified atom stereocenters. The maximum Gasteiger partial charge on any atom is 0.324 e. The lowest BCUT2D eigenvalue weighted by molar-refractivity contribution is -0.124. The molecule has 3 aromatic rings. The van der Waals surface area contributed by atoms with Crippen molar-refractivity contribution in [1.82, 2.24) is 25.0 Å². The summed E-state index contributed by atoms with van der Waals surface area (Å²) < 4.78 is 1.99. The number of aryl methyl sites for hydroxylation is 2. The molecule has 1 saturated heterocycles. The fourth-order valence-corrected chi connectivity index (χ4v) is 4.36. The number of rotatable bonds is 6. The van der Waals surface area contributed by atoms with Gasteiger partial charge in [0, 0.05) is 17.9 Å². The van der Waals surface area contributed by atoms with Gasteiger partial charge in [-0.05, 0) is 43.2 Å². The fraction of sp³-hybridized carbons (Fsp3) is 0.238. The van der Waals surface area contributed by atoms with Crippen molar-refractivity contribution in [1.29, 1.82) is 0 Å². The van der Waals surface area contributed by atoms with Gasteiger partial charge < -0.3 is 5.32 Å². The SMILES string of the molecule is Cc1ccc(C)c(-n2c(SCCN3C(=O)CNC3=O)nnc2-c2ccccc2Cl)c1. The number of hydrogen-bond donors (Lipinski definition) is 1. The molecule has 2 heterocycles. The minimum Gasteiger partial charge on any atom is -0.329 e. The third-order valence-electron chi connectivity index (χ3n) is 4.84. The molecule has 1 N–H and O–H groups in total. The van der Waals surface area contributed by atoms with Crippen LogP contribution in [0.4, 0.5) is 4.79 Å². The number of benzene rings is 2. The van der Waals surface area contributed by atoms with Crippen molar-refractivity contribution in [3.05, 3.63) is 58.6 Å². The quantitative estimate of drug-likeness (QED) is 0.464. The lowest BCUT2D eigenvalue weighted by Crippen LogP contribution is -2.32. The smallest absolute Gasteiger partial charge is 0.324 e. The summed E-state index contributed by atoms with van der Waals surface area (Å²) in [6.45, 7) is 4.43. The van der Waals surface area contributed by atoms with E-state index in [1.807, 2.05) is 42.7 Å². The van der Waals surface area contributed by atoms with Gasteiger partial charge in [-0.1, -0.05) is 47.6 Å². The first kappa shape index (κ1) is 20.4. The van der Waals surface area contributed by atoms with Crippen molar-refractivity contribution < 1.29 is 9.59 Å². The van der Waals surface area contributed by atoms with E-state index in [2.05, 4.69) is 33.7 Å². The Hall–Kier alpha value is -2.84. The summed E-state index contributed by atoms with van der Waals surface area (Å²) in [7, 11) is 0. The van der Waals surface area contributed by atoms with Crippen molar-refractivity contribution >= 4 is 35.3 Å². The maximum atomic E-state index is 11.8. The average molecular weight is 442 g/mol. The summed E-state index contributed by atoms with van der Waals surface area (Å²) in [6.07, 6.45) is 0. The zero-order valence-corrected chi connectivity index (χ0v) is 18.1. The number of halogens is 1. The Bertz CT molecular complexity index is 1110. The van der Waals surface area contributed by atoms with E-state index in [9.17, 15) is 9.59 Å². The number of amides is 3. The lowest BCUT2D eigenvalue weighted by atomic mass is 10.1. The number of nitrogens with zero attached hydrogens (tertiary/aromatic N) is 4. The molecule has 7 nitrogen and oxygen atoms in total. The number of nitrogens with one attached hydrogen (secondary N) is 1. The zero-order chi connectivity index (χ0) is 21.3. The molecule has 1 aliphatic heterocycles. The fourth-order valence-electron chi connectivity index (χ4n) is 3.27. The van der Waals surface area contributed by atoms with Crippen molar-refractivity contribution in [2.75, 3.05) is 18.8 Å². The highest BCUT2D eigenvalue weighted by Gasteiger charge is 2.28. The Morgan fingerprint density at radius 1 is 1.13 bits per heavy atom. The van der Waals surface area contributed by atoms with Crippen LogP contribution in [0.2, 0.25) is 5.02 Å². The van der Waals surface area contributed by atoms with Crippen LogP contribution >= 0.6 is 23.4 Å². The van der Waals surface area contributed by atoms with Gasteiger partial charge in [0.25, 0.3) is 0 Å². The Morgan fingerprint density at radius 2 is 1.93 bits per heavy atom. The van der Waals surface area contributed by atoms with Crippen LogP contribution in [-0.4, -0.2) is 50.4 Å². The van der Waals surface area contributed by atoms with Gasteiger partial charge in [-0.3, -0.25) is 14.3 Å². The molecule has 3 amide bonds. The highest BCUT2D eigenvalue weighted by molar-refractivity contribution is 7.99. The van der Waals surface area contributed by atoms with E-state index in [1.54, 1.807) is 0 Å². The predicted molar refractivity (Wildman–Crippen MR) is 117 cm³/mol. The molecule has 0 spiro atoms. The molecular formula is C21H20ClN5O2S. The summed E-state index contributed by atoms with van der Waals surface area (Å²) in [5, 5.41) is 12.6. The van der Waals surface area contributed by atoms with E-state index in [0.29, 0.717) is 28.3 Å². The highest BCUT2D eigenvalue weighted by Crippen LogP contribution is 2.33. The van der Waals surface area contributed by atoms with Gasteiger partial charge in [0.2, 0.25) is 5.91 Å². The van der Waals surface area contributed by atoms with Crippen LogP contribution in [0.3, 0.4) is 0 Å². The largest absolute Gasteiger partial charge is 0.329 e. The Balaban J connectivity index is 1.70. The Kier molecular flexibility index (Phi) is 5.78. The third-order valence-corrected chi connectivity index (χ3v) is 6.08. The summed E-state index contributed by atoms with van der Waals surface area (Å²) in [4.78, 5) is 24.8. The molecular weight excluding hydrogens is 422 g/mol. The number of hydrogen-bond acceptors (Lipinski definition) is 5. The zero-order valence-electron chi connectivity index (χ0n) is 16.6. The average Bonchev–Trinajstić information content (AvgIpc) is 3.28. The number of thioether (sulfide) groups is 1. The van der Waals surface area contributed by atoms with Crippen molar-refractivity contribution in [3.63, 3.8) is 0 Å². The molecule has 154 valence electrons. The number of carbonyl (C=O) groups excluding carboxylic acids is 2. The minimum atomic E-state index is -0.353. The first-order chi connectivity index (χ1) is 14.5. The van der Waals surface area contributed by atoms with E-state index >= 15 is 0 Å². The number of carbonyl (C=O) groups is 2. The molecule has 1 aliphatic rings. The first-order valence-electron chi connectivity index (χ1n) is 9.44. The van der Waals surface area contributed by atoms with Crippen LogP contribution in [0.1, 0.15) is 11.1 Å². The molecule has 4 rings (SSSR count). The summed E-state index contributed by atoms with van der Waals surface area (Å²) in [5.74, 6) is 0.935. The van der Waals surface area contributed by atoms with E-state index in [0.717, 1.165) is 22.4 Å². The monoisotopic (exact) mass is 441 g/mol. The van der Waals surface area contributed by atoms with Gasteiger partial charge in [0.05, 0.1) is 17.3 Å². The summed E-state index contributed by atoms with van der Waals surface area (Å²) in [6, 6.07) is 13.4. The molecule has 2 aromatic carbocycles. The van der Waals surface area contributed by atoms with Crippen LogP contribution in [0, 0.1) is 13.8 Å². The van der Waals surface area contributed by atoms with Crippen LogP contribution in [-0.2, 0) is 4.79 Å². The second kappa shape index (κ2) is 8.49. The van der Waals surface area contributed by atoms with Crippen LogP contribution in [0.5, 0.6) is 0 Å². The predicted octanol–water partition coefficient (Wildman–Crippen LogP) is 3.85. The second-order valence-corrected chi connectivity index (χ2v) is 8.43. The Labute approximate surface area is 183 Å². The molecule has 0 aliphatic carbocycles. The van der Waals surface area contributed by atoms with E-state index in [-0.39, 0.29) is 18.5 Å². The second-order valence-electron chi connectivity index (χ2n) is 6.96. The molecule has 0 bridgehead atoms. The topological polar surface area (TPSA) is 80.1 Å². The minimum absolute atomic E-state index is 0.0544. The van der Waals surface area contributed by atoms with Crippen molar-refractivity contribution in [2.45, 2.75) is 19.0 Å². The van der Waals surface area contributed by atoms with Crippen LogP contribution < -0.4 is 5.32 Å². The maximum absolute atomic E-state index is 11.8. The summed E-state index contributed by atoms with van der Waals surface area (Å²) >= 11 is 7.89. The van der Waals surface area contributed by atoms with Crippen molar-refractivity contribution in [2.24, 2.45) is 0 Å². The van der Waals surface area contributed by atoms with Crippen LogP contribution in [0.25, 0.3) is 17.1 Å². The van der Waals surface area contributed by atoms with E-state index in [4.69, 9.17) is 11.6 Å². The molecule has 1 aromatic heterocycles. The van der Waals surface area contributed by atoms with Gasteiger partial charge in [0.15, 0.2) is 11.0 Å². The highest BCUT2D eigenvalue weighted by atomic mass is 35.5. The van der Waals surface area contributed by atoms with Gasteiger partial charge >= 0.3 is 6.03 Å². The van der Waals surface area contributed by atoms with E-state index in [1.165, 1.54) is 16.7 Å². The first-order valence-corrected chi connectivity index (χ1v) is 10.8. The van der Waals surface area contributed by atoms with Gasteiger partial charge in [-0.15, -0.1) is 10.2 Å². The van der Waals surface area contributed by atoms with Crippen molar-refractivity contribution in [3.8, 4) is 17.1 Å². The number of imide groups is 1. The summed E-state index contributed by atoms with van der Waals surface area (Å²) in [5.41, 5.74) is 3.94. The Morgan fingerprint density at radius 3 is 2.67 bits per heavy atom. The molecule has 9 heteroatoms. The van der Waals surface area contributed by atoms with E-state index < -0.39 is 0 Å². The third kappa shape index (κ3) is 3.93.